The van der Waals surface area contributed by atoms with Gasteiger partial charge in [0.25, 0.3) is 0 Å². The molecule has 1 heterocycles. The van der Waals surface area contributed by atoms with Gasteiger partial charge >= 0.3 is 5.97 Å². The maximum absolute atomic E-state index is 12.8. The van der Waals surface area contributed by atoms with Crippen LogP contribution in [0.15, 0.2) is 66.7 Å². The van der Waals surface area contributed by atoms with E-state index in [0.29, 0.717) is 35.2 Å². The quantitative estimate of drug-likeness (QED) is 0.484. The number of carbonyl (C=O) groups excluding carboxylic acids is 2. The molecule has 0 aliphatic carbocycles. The van der Waals surface area contributed by atoms with Crippen molar-refractivity contribution in [2.24, 2.45) is 0 Å². The number of benzene rings is 3. The maximum atomic E-state index is 12.8. The second kappa shape index (κ2) is 9.96. The monoisotopic (exact) mass is 464 g/mol. The second-order valence-corrected chi connectivity index (χ2v) is 8.23. The predicted molar refractivity (Wildman–Crippen MR) is 129 cm³/mol. The van der Waals surface area contributed by atoms with Crippen LogP contribution in [0, 0.1) is 0 Å². The highest BCUT2D eigenvalue weighted by Gasteiger charge is 2.31. The van der Waals surface area contributed by atoms with Crippen molar-refractivity contribution in [1.82, 2.24) is 0 Å². The lowest BCUT2D eigenvalue weighted by Gasteiger charge is -2.21. The van der Waals surface area contributed by atoms with Crippen molar-refractivity contribution in [2.75, 3.05) is 23.9 Å². The Hall–Kier alpha value is -3.51. The molecular formula is C26H25ClN2O4. The van der Waals surface area contributed by atoms with Gasteiger partial charge in [-0.05, 0) is 60.5 Å². The molecule has 0 saturated heterocycles. The van der Waals surface area contributed by atoms with Crippen molar-refractivity contribution in [1.29, 1.82) is 0 Å². The van der Waals surface area contributed by atoms with E-state index in [0.717, 1.165) is 11.3 Å². The van der Waals surface area contributed by atoms with E-state index in [-0.39, 0.29) is 24.3 Å². The fraction of sp³-hybridized carbons (Fsp3) is 0.231. The lowest BCUT2D eigenvalue weighted by molar-refractivity contribution is -0.142. The molecule has 3 aromatic rings. The summed E-state index contributed by atoms with van der Waals surface area (Å²) in [4.78, 5) is 26.5. The summed E-state index contributed by atoms with van der Waals surface area (Å²) < 4.78 is 10.8. The number of likely N-dealkylation sites (N-methyl/N-ethyl adjacent to an activating group) is 1. The van der Waals surface area contributed by atoms with E-state index in [2.05, 4.69) is 11.4 Å². The van der Waals surface area contributed by atoms with Gasteiger partial charge in [0.05, 0.1) is 18.1 Å². The van der Waals surface area contributed by atoms with Crippen LogP contribution in [0.5, 0.6) is 11.5 Å². The van der Waals surface area contributed by atoms with E-state index in [1.54, 1.807) is 49.4 Å². The second-order valence-electron chi connectivity index (χ2n) is 7.82. The highest BCUT2D eigenvalue weighted by molar-refractivity contribution is 6.32. The predicted octanol–water partition coefficient (Wildman–Crippen LogP) is 5.24. The summed E-state index contributed by atoms with van der Waals surface area (Å²) in [6.07, 6.45) is 0.841. The molecule has 1 N–H and O–H groups in total. The molecule has 1 atom stereocenters. The number of fused-ring (bicyclic) bond motifs is 1. The number of amides is 1. The van der Waals surface area contributed by atoms with Crippen LogP contribution in [0.4, 0.5) is 11.4 Å². The molecule has 1 aliphatic rings. The molecule has 1 unspecified atom stereocenters. The number of nitrogens with zero attached hydrogens (tertiary/aromatic N) is 1. The minimum atomic E-state index is -0.299. The molecule has 0 aromatic heterocycles. The third kappa shape index (κ3) is 5.29. The van der Waals surface area contributed by atoms with Crippen LogP contribution in [-0.4, -0.2) is 31.6 Å². The van der Waals surface area contributed by atoms with Crippen LogP contribution in [-0.2, 0) is 27.2 Å². The van der Waals surface area contributed by atoms with Crippen molar-refractivity contribution >= 4 is 34.9 Å². The van der Waals surface area contributed by atoms with Crippen molar-refractivity contribution in [3.05, 3.63) is 82.9 Å². The Morgan fingerprint density at radius 2 is 1.85 bits per heavy atom. The zero-order valence-corrected chi connectivity index (χ0v) is 19.3. The van der Waals surface area contributed by atoms with Gasteiger partial charge < -0.3 is 19.7 Å². The van der Waals surface area contributed by atoms with E-state index in [1.165, 1.54) is 5.56 Å². The number of ether oxygens (including phenoxy) is 2. The number of para-hydroxylation sites is 1. The van der Waals surface area contributed by atoms with E-state index >= 15 is 0 Å². The van der Waals surface area contributed by atoms with Gasteiger partial charge in [-0.15, -0.1) is 0 Å². The van der Waals surface area contributed by atoms with Crippen molar-refractivity contribution in [3.63, 3.8) is 0 Å². The van der Waals surface area contributed by atoms with Crippen LogP contribution < -0.4 is 15.0 Å². The average Bonchev–Trinajstić information content (AvgIpc) is 3.14. The van der Waals surface area contributed by atoms with Gasteiger partial charge in [-0.2, -0.15) is 0 Å². The SMILES string of the molecule is CCOC(=O)Cc1ccc(Oc2ccc(NC(=O)C3Cc4ccccc4N3C)cc2)c(Cl)c1. The first-order chi connectivity index (χ1) is 15.9. The molecule has 0 radical (unpaired) electrons. The molecule has 3 aromatic carbocycles. The number of carbonyl (C=O) groups is 2. The van der Waals surface area contributed by atoms with Gasteiger partial charge in [0, 0.05) is 24.8 Å². The summed E-state index contributed by atoms with van der Waals surface area (Å²) in [5, 5.41) is 3.38. The number of hydrogen-bond donors (Lipinski definition) is 1. The molecule has 0 fully saturated rings. The van der Waals surface area contributed by atoms with Gasteiger partial charge in [0.15, 0.2) is 0 Å². The number of rotatable bonds is 7. The van der Waals surface area contributed by atoms with Gasteiger partial charge in [-0.3, -0.25) is 9.59 Å². The lowest BCUT2D eigenvalue weighted by Crippen LogP contribution is -2.39. The lowest BCUT2D eigenvalue weighted by atomic mass is 10.1. The van der Waals surface area contributed by atoms with Crippen LogP contribution in [0.3, 0.4) is 0 Å². The maximum Gasteiger partial charge on any atom is 0.310 e. The highest BCUT2D eigenvalue weighted by Crippen LogP contribution is 2.32. The molecule has 1 aliphatic heterocycles. The molecular weight excluding hydrogens is 440 g/mol. The third-order valence-electron chi connectivity index (χ3n) is 5.55. The Morgan fingerprint density at radius 3 is 2.55 bits per heavy atom. The van der Waals surface area contributed by atoms with Crippen LogP contribution >= 0.6 is 11.6 Å². The first-order valence-corrected chi connectivity index (χ1v) is 11.2. The molecule has 1 amide bonds. The average molecular weight is 465 g/mol. The van der Waals surface area contributed by atoms with E-state index < -0.39 is 0 Å². The standard InChI is InChI=1S/C26H25ClN2O4/c1-3-32-25(30)15-17-8-13-24(21(27)14-17)33-20-11-9-19(10-12-20)28-26(31)23-16-18-6-4-5-7-22(18)29(23)2/h4-14,23H,3,15-16H2,1-2H3,(H,28,31). The summed E-state index contributed by atoms with van der Waals surface area (Å²) in [5.41, 5.74) is 3.70. The Kier molecular flexibility index (Phi) is 6.84. The summed E-state index contributed by atoms with van der Waals surface area (Å²) in [6, 6.07) is 20.1. The minimum Gasteiger partial charge on any atom is -0.466 e. The van der Waals surface area contributed by atoms with Crippen molar-refractivity contribution in [3.8, 4) is 11.5 Å². The fourth-order valence-electron chi connectivity index (χ4n) is 3.88. The number of anilines is 2. The molecule has 0 bridgehead atoms. The zero-order chi connectivity index (χ0) is 23.4. The van der Waals surface area contributed by atoms with Crippen molar-refractivity contribution < 1.29 is 19.1 Å². The Morgan fingerprint density at radius 1 is 1.09 bits per heavy atom. The minimum absolute atomic E-state index is 0.0531. The topological polar surface area (TPSA) is 67.9 Å². The summed E-state index contributed by atoms with van der Waals surface area (Å²) in [7, 11) is 1.94. The van der Waals surface area contributed by atoms with Gasteiger partial charge in [0.1, 0.15) is 17.5 Å². The van der Waals surface area contributed by atoms with Gasteiger partial charge in [-0.1, -0.05) is 35.9 Å². The molecule has 7 heteroatoms. The van der Waals surface area contributed by atoms with Crippen molar-refractivity contribution in [2.45, 2.75) is 25.8 Å². The highest BCUT2D eigenvalue weighted by atomic mass is 35.5. The van der Waals surface area contributed by atoms with Gasteiger partial charge in [-0.25, -0.2) is 0 Å². The Labute approximate surface area is 198 Å². The number of nitrogens with one attached hydrogen (secondary N) is 1. The van der Waals surface area contributed by atoms with Crippen LogP contribution in [0.25, 0.3) is 0 Å². The molecule has 0 spiro atoms. The van der Waals surface area contributed by atoms with Crippen LogP contribution in [0.2, 0.25) is 5.02 Å². The Bertz CT molecular complexity index is 1160. The molecule has 33 heavy (non-hydrogen) atoms. The summed E-state index contributed by atoms with van der Waals surface area (Å²) in [6.45, 7) is 2.11. The third-order valence-corrected chi connectivity index (χ3v) is 5.85. The zero-order valence-electron chi connectivity index (χ0n) is 18.5. The smallest absolute Gasteiger partial charge is 0.310 e. The molecule has 0 saturated carbocycles. The normalized spacial score (nSPS) is 14.5. The largest absolute Gasteiger partial charge is 0.466 e. The number of hydrogen-bond acceptors (Lipinski definition) is 5. The van der Waals surface area contributed by atoms with E-state index in [9.17, 15) is 9.59 Å². The molecule has 4 rings (SSSR count). The van der Waals surface area contributed by atoms with E-state index in [4.69, 9.17) is 21.1 Å². The first kappa shape index (κ1) is 22.7. The van der Waals surface area contributed by atoms with E-state index in [1.807, 2.05) is 30.1 Å². The Balaban J connectivity index is 1.36. The number of esters is 1. The first-order valence-electron chi connectivity index (χ1n) is 10.8. The summed E-state index contributed by atoms with van der Waals surface area (Å²) in [5.74, 6) is 0.708. The molecule has 170 valence electrons. The number of halogens is 1. The van der Waals surface area contributed by atoms with Crippen LogP contribution in [0.1, 0.15) is 18.1 Å². The summed E-state index contributed by atoms with van der Waals surface area (Å²) >= 11 is 6.33. The van der Waals surface area contributed by atoms with Gasteiger partial charge in [0.2, 0.25) is 5.91 Å². The fourth-order valence-corrected chi connectivity index (χ4v) is 4.13. The molecule has 6 nitrogen and oxygen atoms in total.